The molecule has 0 unspecified atom stereocenters. The Morgan fingerprint density at radius 2 is 2.22 bits per heavy atom. The van der Waals surface area contributed by atoms with E-state index in [9.17, 15) is 4.79 Å². The fourth-order valence-corrected chi connectivity index (χ4v) is 1.94. The SMILES string of the molecule is COc1ccc(/C(C)=C/CCCC(=O)O)c(Cl)c1. The van der Waals surface area contributed by atoms with E-state index in [0.29, 0.717) is 11.4 Å². The highest BCUT2D eigenvalue weighted by molar-refractivity contribution is 6.32. The zero-order valence-corrected chi connectivity index (χ0v) is 11.3. The lowest BCUT2D eigenvalue weighted by molar-refractivity contribution is -0.137. The number of carboxylic acid groups (broad SMARTS) is 1. The molecule has 0 aromatic heterocycles. The number of aliphatic carboxylic acids is 1. The molecule has 0 saturated carbocycles. The van der Waals surface area contributed by atoms with E-state index >= 15 is 0 Å². The van der Waals surface area contributed by atoms with Crippen LogP contribution in [0.4, 0.5) is 0 Å². The highest BCUT2D eigenvalue weighted by Gasteiger charge is 2.04. The zero-order chi connectivity index (χ0) is 13.5. The lowest BCUT2D eigenvalue weighted by Crippen LogP contribution is -1.93. The van der Waals surface area contributed by atoms with Crippen LogP contribution in [0, 0.1) is 0 Å². The minimum Gasteiger partial charge on any atom is -0.497 e. The first-order valence-corrected chi connectivity index (χ1v) is 6.15. The number of hydrogen-bond acceptors (Lipinski definition) is 2. The van der Waals surface area contributed by atoms with Crippen molar-refractivity contribution in [2.45, 2.75) is 26.2 Å². The van der Waals surface area contributed by atoms with E-state index in [4.69, 9.17) is 21.4 Å². The Hall–Kier alpha value is -1.48. The second-order valence-electron chi connectivity index (χ2n) is 4.02. The van der Waals surface area contributed by atoms with Crippen LogP contribution in [0.5, 0.6) is 5.75 Å². The average Bonchev–Trinajstić information content (AvgIpc) is 2.33. The standard InChI is InChI=1S/C14H17ClO3/c1-10(5-3-4-6-14(16)17)12-8-7-11(18-2)9-13(12)15/h5,7-9H,3-4,6H2,1-2H3,(H,16,17)/b10-5+. The lowest BCUT2D eigenvalue weighted by Gasteiger charge is -2.07. The predicted molar refractivity (Wildman–Crippen MR) is 73.1 cm³/mol. The molecule has 18 heavy (non-hydrogen) atoms. The number of ether oxygens (including phenoxy) is 1. The number of benzene rings is 1. The van der Waals surface area contributed by atoms with Crippen LogP contribution in [0.25, 0.3) is 5.57 Å². The third kappa shape index (κ3) is 4.41. The summed E-state index contributed by atoms with van der Waals surface area (Å²) in [4.78, 5) is 10.4. The van der Waals surface area contributed by atoms with Crippen LogP contribution in [0.1, 0.15) is 31.7 Å². The molecule has 0 aliphatic rings. The number of rotatable bonds is 6. The summed E-state index contributed by atoms with van der Waals surface area (Å²) in [6.07, 6.45) is 3.58. The van der Waals surface area contributed by atoms with E-state index in [2.05, 4.69) is 0 Å². The third-order valence-electron chi connectivity index (χ3n) is 2.65. The van der Waals surface area contributed by atoms with Gasteiger partial charge in [0.05, 0.1) is 12.1 Å². The maximum Gasteiger partial charge on any atom is 0.303 e. The minimum absolute atomic E-state index is 0.195. The Morgan fingerprint density at radius 3 is 2.78 bits per heavy atom. The Balaban J connectivity index is 2.68. The topological polar surface area (TPSA) is 46.5 Å². The Labute approximate surface area is 112 Å². The van der Waals surface area contributed by atoms with Crippen LogP contribution in [0.15, 0.2) is 24.3 Å². The fraction of sp³-hybridized carbons (Fsp3) is 0.357. The molecule has 1 N–H and O–H groups in total. The summed E-state index contributed by atoms with van der Waals surface area (Å²) in [6, 6.07) is 5.53. The van der Waals surface area contributed by atoms with Crippen molar-refractivity contribution in [3.63, 3.8) is 0 Å². The molecule has 1 rings (SSSR count). The molecule has 3 nitrogen and oxygen atoms in total. The Bertz CT molecular complexity index is 452. The van der Waals surface area contributed by atoms with E-state index in [0.717, 1.165) is 23.3 Å². The number of allylic oxidation sites excluding steroid dienone is 2. The van der Waals surface area contributed by atoms with Crippen LogP contribution < -0.4 is 4.74 Å². The van der Waals surface area contributed by atoms with Gasteiger partial charge in [0.2, 0.25) is 0 Å². The van der Waals surface area contributed by atoms with Crippen LogP contribution in [-0.4, -0.2) is 18.2 Å². The third-order valence-corrected chi connectivity index (χ3v) is 2.96. The molecular formula is C14H17ClO3. The van der Waals surface area contributed by atoms with Gasteiger partial charge in [-0.25, -0.2) is 0 Å². The monoisotopic (exact) mass is 268 g/mol. The van der Waals surface area contributed by atoms with Gasteiger partial charge in [-0.15, -0.1) is 0 Å². The van der Waals surface area contributed by atoms with Gasteiger partial charge in [0.15, 0.2) is 0 Å². The van der Waals surface area contributed by atoms with Crippen molar-refractivity contribution >= 4 is 23.1 Å². The Kier molecular flexibility index (Phi) is 5.72. The lowest BCUT2D eigenvalue weighted by atomic mass is 10.1. The zero-order valence-electron chi connectivity index (χ0n) is 10.6. The number of halogens is 1. The molecule has 0 saturated heterocycles. The van der Waals surface area contributed by atoms with Gasteiger partial charge in [-0.2, -0.15) is 0 Å². The van der Waals surface area contributed by atoms with Crippen molar-refractivity contribution in [3.8, 4) is 5.75 Å². The number of carbonyl (C=O) groups is 1. The van der Waals surface area contributed by atoms with Gasteiger partial charge in [0, 0.05) is 6.42 Å². The fourth-order valence-electron chi connectivity index (χ4n) is 1.62. The quantitative estimate of drug-likeness (QED) is 0.793. The molecule has 0 atom stereocenters. The maximum absolute atomic E-state index is 10.4. The number of methoxy groups -OCH3 is 1. The van der Waals surface area contributed by atoms with Crippen molar-refractivity contribution in [3.05, 3.63) is 34.9 Å². The molecule has 0 aliphatic carbocycles. The van der Waals surface area contributed by atoms with Crippen molar-refractivity contribution in [2.24, 2.45) is 0 Å². The average molecular weight is 269 g/mol. The molecule has 0 bridgehead atoms. The van der Waals surface area contributed by atoms with E-state index in [1.54, 1.807) is 13.2 Å². The maximum atomic E-state index is 10.4. The van der Waals surface area contributed by atoms with Gasteiger partial charge in [0.25, 0.3) is 0 Å². The van der Waals surface area contributed by atoms with E-state index in [1.807, 2.05) is 25.1 Å². The van der Waals surface area contributed by atoms with Gasteiger partial charge < -0.3 is 9.84 Å². The van der Waals surface area contributed by atoms with Gasteiger partial charge >= 0.3 is 5.97 Å². The van der Waals surface area contributed by atoms with Crippen molar-refractivity contribution in [2.75, 3.05) is 7.11 Å². The molecular weight excluding hydrogens is 252 g/mol. The summed E-state index contributed by atoms with van der Waals surface area (Å²) in [6.45, 7) is 1.97. The number of hydrogen-bond donors (Lipinski definition) is 1. The second-order valence-corrected chi connectivity index (χ2v) is 4.43. The minimum atomic E-state index is -0.761. The van der Waals surface area contributed by atoms with Crippen LogP contribution in [0.2, 0.25) is 5.02 Å². The van der Waals surface area contributed by atoms with Gasteiger partial charge in [-0.05, 0) is 49.1 Å². The Morgan fingerprint density at radius 1 is 1.50 bits per heavy atom. The van der Waals surface area contributed by atoms with Crippen molar-refractivity contribution in [1.29, 1.82) is 0 Å². The first-order valence-electron chi connectivity index (χ1n) is 5.77. The molecule has 0 aliphatic heterocycles. The van der Waals surface area contributed by atoms with Crippen LogP contribution >= 0.6 is 11.6 Å². The van der Waals surface area contributed by atoms with Crippen molar-refractivity contribution in [1.82, 2.24) is 0 Å². The second kappa shape index (κ2) is 7.07. The summed E-state index contributed by atoms with van der Waals surface area (Å²) in [5.41, 5.74) is 2.00. The number of unbranched alkanes of at least 4 members (excludes halogenated alkanes) is 1. The highest BCUT2D eigenvalue weighted by Crippen LogP contribution is 2.28. The van der Waals surface area contributed by atoms with Crippen LogP contribution in [0.3, 0.4) is 0 Å². The van der Waals surface area contributed by atoms with E-state index in [1.165, 1.54) is 0 Å². The summed E-state index contributed by atoms with van der Waals surface area (Å²) < 4.78 is 5.09. The molecule has 0 fully saturated rings. The van der Waals surface area contributed by atoms with Crippen molar-refractivity contribution < 1.29 is 14.6 Å². The van der Waals surface area contributed by atoms with Crippen LogP contribution in [-0.2, 0) is 4.79 Å². The van der Waals surface area contributed by atoms with E-state index < -0.39 is 5.97 Å². The molecule has 1 aromatic rings. The summed E-state index contributed by atoms with van der Waals surface area (Å²) in [5, 5.41) is 9.18. The number of carboxylic acids is 1. The molecule has 0 amide bonds. The first kappa shape index (κ1) is 14.6. The molecule has 0 spiro atoms. The summed E-state index contributed by atoms with van der Waals surface area (Å²) >= 11 is 6.15. The normalized spacial score (nSPS) is 11.4. The molecule has 98 valence electrons. The predicted octanol–water partition coefficient (Wildman–Crippen LogP) is 4.01. The highest BCUT2D eigenvalue weighted by atomic mass is 35.5. The smallest absolute Gasteiger partial charge is 0.303 e. The molecule has 1 aromatic carbocycles. The largest absolute Gasteiger partial charge is 0.497 e. The summed E-state index contributed by atoms with van der Waals surface area (Å²) in [5.74, 6) is -0.0361. The molecule has 4 heteroatoms. The van der Waals surface area contributed by atoms with Gasteiger partial charge in [0.1, 0.15) is 5.75 Å². The van der Waals surface area contributed by atoms with Gasteiger partial charge in [-0.1, -0.05) is 17.7 Å². The van der Waals surface area contributed by atoms with E-state index in [-0.39, 0.29) is 6.42 Å². The molecule has 0 heterocycles. The molecule has 0 radical (unpaired) electrons. The summed E-state index contributed by atoms with van der Waals surface area (Å²) in [7, 11) is 1.60. The van der Waals surface area contributed by atoms with Gasteiger partial charge in [-0.3, -0.25) is 4.79 Å². The first-order chi connectivity index (χ1) is 8.54.